The van der Waals surface area contributed by atoms with Crippen LogP contribution < -0.4 is 4.83 Å². The molecule has 0 saturated carbocycles. The Balaban J connectivity index is 2.80. The lowest BCUT2D eigenvalue weighted by Gasteiger charge is -2.06. The highest BCUT2D eigenvalue weighted by Crippen LogP contribution is 2.22. The molecule has 0 aliphatic rings. The van der Waals surface area contributed by atoms with Crippen molar-refractivity contribution in [2.45, 2.75) is 57.8 Å². The molecule has 1 aromatic rings. The van der Waals surface area contributed by atoms with Crippen molar-refractivity contribution in [3.63, 3.8) is 0 Å². The molecule has 0 aliphatic carbocycles. The molecule has 0 aliphatic heterocycles. The first-order valence-corrected chi connectivity index (χ1v) is 9.06. The molecule has 8 heteroatoms. The van der Waals surface area contributed by atoms with Gasteiger partial charge in [-0.25, -0.2) is 4.83 Å². The van der Waals surface area contributed by atoms with E-state index in [2.05, 4.69) is 16.9 Å². The Morgan fingerprint density at radius 2 is 2.00 bits per heavy atom. The zero-order valence-electron chi connectivity index (χ0n) is 13.7. The third kappa shape index (κ3) is 5.97. The lowest BCUT2D eigenvalue weighted by Crippen LogP contribution is -2.20. The van der Waals surface area contributed by atoms with Crippen molar-refractivity contribution in [1.29, 1.82) is 0 Å². The van der Waals surface area contributed by atoms with Crippen molar-refractivity contribution >= 4 is 21.4 Å². The van der Waals surface area contributed by atoms with Crippen LogP contribution in [0.2, 0.25) is 0 Å². The number of nitro benzene ring substituents is 1. The van der Waals surface area contributed by atoms with Gasteiger partial charge in [-0.1, -0.05) is 32.3 Å². The zero-order valence-corrected chi connectivity index (χ0v) is 14.5. The van der Waals surface area contributed by atoms with Crippen molar-refractivity contribution < 1.29 is 13.3 Å². The summed E-state index contributed by atoms with van der Waals surface area (Å²) in [4.78, 5) is 12.3. The highest BCUT2D eigenvalue weighted by Gasteiger charge is 2.19. The maximum absolute atomic E-state index is 12.2. The Morgan fingerprint density at radius 3 is 2.61 bits per heavy atom. The predicted molar refractivity (Wildman–Crippen MR) is 90.0 cm³/mol. The summed E-state index contributed by atoms with van der Waals surface area (Å²) in [6.45, 7) is 5.43. The van der Waals surface area contributed by atoms with Crippen LogP contribution in [-0.2, 0) is 10.0 Å². The molecule has 0 amide bonds. The molecule has 7 nitrogen and oxygen atoms in total. The second kappa shape index (κ2) is 8.61. The number of aryl methyl sites for hydroxylation is 1. The Labute approximate surface area is 137 Å². The van der Waals surface area contributed by atoms with Crippen LogP contribution in [0.5, 0.6) is 0 Å². The molecule has 0 heterocycles. The first-order chi connectivity index (χ1) is 10.8. The van der Waals surface area contributed by atoms with Crippen LogP contribution >= 0.6 is 0 Å². The van der Waals surface area contributed by atoms with Gasteiger partial charge < -0.3 is 0 Å². The standard InChI is InChI=1S/C15H23N3O4S/c1-4-5-6-7-8-13(3)16-17-23(21,22)14-10-9-12(2)15(11-14)18(19)20/h9-11,17H,4-8H2,1-3H3/b16-13+. The topological polar surface area (TPSA) is 102 Å². The normalized spacial score (nSPS) is 12.2. The van der Waals surface area contributed by atoms with Crippen LogP contribution in [0.25, 0.3) is 0 Å². The minimum absolute atomic E-state index is 0.169. The second-order valence-electron chi connectivity index (χ2n) is 5.46. The Hall–Kier alpha value is -1.96. The molecule has 0 atom stereocenters. The van der Waals surface area contributed by atoms with E-state index in [4.69, 9.17) is 0 Å². The number of nitrogens with zero attached hydrogens (tertiary/aromatic N) is 2. The molecule has 23 heavy (non-hydrogen) atoms. The first-order valence-electron chi connectivity index (χ1n) is 7.58. The third-order valence-electron chi connectivity index (χ3n) is 3.44. The Bertz CT molecular complexity index is 684. The molecule has 0 unspecified atom stereocenters. The van der Waals surface area contributed by atoms with Crippen molar-refractivity contribution in [2.24, 2.45) is 5.10 Å². The summed E-state index contributed by atoms with van der Waals surface area (Å²) >= 11 is 0. The van der Waals surface area contributed by atoms with E-state index in [1.54, 1.807) is 13.8 Å². The highest BCUT2D eigenvalue weighted by molar-refractivity contribution is 7.89. The number of hydrogen-bond donors (Lipinski definition) is 1. The number of sulfonamides is 1. The average Bonchev–Trinajstić information content (AvgIpc) is 2.49. The Morgan fingerprint density at radius 1 is 1.30 bits per heavy atom. The van der Waals surface area contributed by atoms with Gasteiger partial charge in [0.15, 0.2) is 0 Å². The SMILES string of the molecule is CCCCCC/C(C)=N/NS(=O)(=O)c1ccc(C)c([N+](=O)[O-])c1. The number of nitrogens with one attached hydrogen (secondary N) is 1. The van der Waals surface area contributed by atoms with Gasteiger partial charge in [0.05, 0.1) is 9.82 Å². The molecule has 0 radical (unpaired) electrons. The smallest absolute Gasteiger partial charge is 0.258 e. The second-order valence-corrected chi connectivity index (χ2v) is 7.12. The van der Waals surface area contributed by atoms with Gasteiger partial charge in [0.1, 0.15) is 0 Å². The minimum atomic E-state index is -3.91. The summed E-state index contributed by atoms with van der Waals surface area (Å²) < 4.78 is 24.3. The number of hydrazone groups is 1. The molecule has 0 fully saturated rings. The number of benzene rings is 1. The summed E-state index contributed by atoms with van der Waals surface area (Å²) in [6, 6.07) is 3.79. The largest absolute Gasteiger partial charge is 0.276 e. The lowest BCUT2D eigenvalue weighted by molar-refractivity contribution is -0.385. The third-order valence-corrected chi connectivity index (χ3v) is 4.64. The van der Waals surface area contributed by atoms with Crippen LogP contribution in [0.4, 0.5) is 5.69 Å². The van der Waals surface area contributed by atoms with Gasteiger partial charge in [-0.2, -0.15) is 13.5 Å². The van der Waals surface area contributed by atoms with Crippen molar-refractivity contribution in [3.05, 3.63) is 33.9 Å². The molecule has 0 spiro atoms. The van der Waals surface area contributed by atoms with Gasteiger partial charge >= 0.3 is 0 Å². The number of rotatable bonds is 9. The number of nitro groups is 1. The van der Waals surface area contributed by atoms with E-state index in [-0.39, 0.29) is 10.6 Å². The summed E-state index contributed by atoms with van der Waals surface area (Å²) in [5, 5.41) is 14.8. The van der Waals surface area contributed by atoms with Crippen molar-refractivity contribution in [1.82, 2.24) is 4.83 Å². The van der Waals surface area contributed by atoms with E-state index in [9.17, 15) is 18.5 Å². The number of hydrogen-bond acceptors (Lipinski definition) is 5. The van der Waals surface area contributed by atoms with Crippen LogP contribution in [-0.4, -0.2) is 19.1 Å². The summed E-state index contributed by atoms with van der Waals surface area (Å²) in [7, 11) is -3.91. The summed E-state index contributed by atoms with van der Waals surface area (Å²) in [6.07, 6.45) is 5.04. The molecule has 0 aromatic heterocycles. The molecule has 0 saturated heterocycles. The van der Waals surface area contributed by atoms with E-state index in [1.807, 2.05) is 0 Å². The Kier molecular flexibility index (Phi) is 7.15. The van der Waals surface area contributed by atoms with Crippen LogP contribution in [0.3, 0.4) is 0 Å². The van der Waals surface area contributed by atoms with Gasteiger partial charge in [0.25, 0.3) is 15.7 Å². The minimum Gasteiger partial charge on any atom is -0.258 e. The van der Waals surface area contributed by atoms with E-state index >= 15 is 0 Å². The fraction of sp³-hybridized carbons (Fsp3) is 0.533. The van der Waals surface area contributed by atoms with Gasteiger partial charge in [0, 0.05) is 17.3 Å². The zero-order chi connectivity index (χ0) is 17.5. The molecule has 128 valence electrons. The van der Waals surface area contributed by atoms with Crippen molar-refractivity contribution in [3.8, 4) is 0 Å². The maximum Gasteiger partial charge on any atom is 0.276 e. The van der Waals surface area contributed by atoms with Crippen LogP contribution in [0.1, 0.15) is 51.5 Å². The fourth-order valence-corrected chi connectivity index (χ4v) is 2.90. The van der Waals surface area contributed by atoms with Crippen molar-refractivity contribution in [2.75, 3.05) is 0 Å². The molecular formula is C15H23N3O4S. The van der Waals surface area contributed by atoms with Gasteiger partial charge in [-0.15, -0.1) is 0 Å². The number of unbranched alkanes of at least 4 members (excludes halogenated alkanes) is 3. The predicted octanol–water partition coefficient (Wildman–Crippen LogP) is 3.53. The van der Waals surface area contributed by atoms with Gasteiger partial charge in [-0.3, -0.25) is 10.1 Å². The summed E-state index contributed by atoms with van der Waals surface area (Å²) in [5.74, 6) is 0. The van der Waals surface area contributed by atoms with E-state index in [1.165, 1.54) is 12.1 Å². The maximum atomic E-state index is 12.2. The molecular weight excluding hydrogens is 318 g/mol. The van der Waals surface area contributed by atoms with Gasteiger partial charge in [0.2, 0.25) is 0 Å². The van der Waals surface area contributed by atoms with E-state index < -0.39 is 14.9 Å². The molecule has 1 aromatic carbocycles. The van der Waals surface area contributed by atoms with Crippen LogP contribution in [0, 0.1) is 17.0 Å². The van der Waals surface area contributed by atoms with Gasteiger partial charge in [-0.05, 0) is 32.8 Å². The quantitative estimate of drug-likeness (QED) is 0.321. The van der Waals surface area contributed by atoms with E-state index in [0.717, 1.165) is 38.2 Å². The summed E-state index contributed by atoms with van der Waals surface area (Å²) in [5.41, 5.74) is 0.865. The first kappa shape index (κ1) is 19.1. The monoisotopic (exact) mass is 341 g/mol. The average molecular weight is 341 g/mol. The fourth-order valence-electron chi connectivity index (χ4n) is 2.01. The molecule has 1 N–H and O–H groups in total. The lowest BCUT2D eigenvalue weighted by atomic mass is 10.1. The van der Waals surface area contributed by atoms with E-state index in [0.29, 0.717) is 11.3 Å². The highest BCUT2D eigenvalue weighted by atomic mass is 32.2. The van der Waals surface area contributed by atoms with Crippen LogP contribution in [0.15, 0.2) is 28.2 Å². The molecule has 1 rings (SSSR count). The molecule has 0 bridgehead atoms.